The van der Waals surface area contributed by atoms with E-state index in [1.54, 1.807) is 10.9 Å². The molecule has 0 spiro atoms. The molecule has 6 aromatic heterocycles. The number of benzene rings is 2. The quantitative estimate of drug-likeness (QED) is 0.120. The molecule has 384 valence electrons. The lowest BCUT2D eigenvalue weighted by molar-refractivity contribution is 0.557. The van der Waals surface area contributed by atoms with Gasteiger partial charge >= 0.3 is 0 Å². The number of nitriles is 2. The van der Waals surface area contributed by atoms with E-state index >= 15 is 0 Å². The summed E-state index contributed by atoms with van der Waals surface area (Å²) < 4.78 is 4.72. The van der Waals surface area contributed by atoms with Gasteiger partial charge < -0.3 is 10.2 Å². The van der Waals surface area contributed by atoms with E-state index in [4.69, 9.17) is 40.7 Å². The predicted molar refractivity (Wildman–Crippen MR) is 296 cm³/mol. The highest BCUT2D eigenvalue weighted by molar-refractivity contribution is 7.16. The molecule has 0 fully saturated rings. The van der Waals surface area contributed by atoms with Gasteiger partial charge in [0.1, 0.15) is 40.5 Å². The first-order valence-electron chi connectivity index (χ1n) is 24.7. The highest BCUT2D eigenvalue weighted by Gasteiger charge is 2.33. The fourth-order valence-corrected chi connectivity index (χ4v) is 10.0. The standard InChI is InChI=1S/C56H64N18S/c1-30-23-32(3)42(33(4)24-30)61-49-43(34(5)27-41(60-49)71(18)45-35(6)25-31(2)26-36(45)7)62-64-50-38(28-57)46(54(9,10)11)68-73(50)52-66-67-53(75-52)74-51(39(29-58)47(69-74)55(12,13)14)65-63-44-37(8)72(40-21-19-20-22-59-40)70-48(44)56(15,16)17/h19-27H,1-18H3,(H,60,61). The molecule has 0 aliphatic carbocycles. The largest absolute Gasteiger partial charge is 0.338 e. The first-order chi connectivity index (χ1) is 35.2. The van der Waals surface area contributed by atoms with Crippen LogP contribution in [0.4, 0.5) is 46.0 Å². The monoisotopic (exact) mass is 1020 g/mol. The molecule has 0 saturated carbocycles. The lowest BCUT2D eigenvalue weighted by Crippen LogP contribution is -2.15. The molecule has 0 bridgehead atoms. The molecule has 6 heterocycles. The number of hydrogen-bond donors (Lipinski definition) is 1. The fraction of sp³-hybridized carbons (Fsp3) is 0.375. The molecule has 8 rings (SSSR count). The second kappa shape index (κ2) is 19.9. The van der Waals surface area contributed by atoms with Crippen LogP contribution in [0.25, 0.3) is 16.1 Å². The fourth-order valence-electron chi connectivity index (χ4n) is 9.27. The van der Waals surface area contributed by atoms with Gasteiger partial charge in [0.05, 0.1) is 22.8 Å². The lowest BCUT2D eigenvalue weighted by Gasteiger charge is -2.25. The van der Waals surface area contributed by atoms with Gasteiger partial charge in [0, 0.05) is 40.9 Å². The Hall–Kier alpha value is -8.29. The third-order valence-electron chi connectivity index (χ3n) is 12.7. The van der Waals surface area contributed by atoms with Gasteiger partial charge in [-0.15, -0.1) is 30.7 Å². The summed E-state index contributed by atoms with van der Waals surface area (Å²) in [6.07, 6.45) is 1.71. The molecule has 75 heavy (non-hydrogen) atoms. The molecule has 0 unspecified atom stereocenters. The average Bonchev–Trinajstić information content (AvgIpc) is 4.11. The van der Waals surface area contributed by atoms with Crippen molar-refractivity contribution >= 4 is 57.4 Å². The molecule has 0 aliphatic rings. The zero-order chi connectivity index (χ0) is 54.6. The number of aromatic nitrogens is 10. The summed E-state index contributed by atoms with van der Waals surface area (Å²) >= 11 is 1.13. The summed E-state index contributed by atoms with van der Waals surface area (Å²) in [5.41, 5.74) is 11.7. The van der Waals surface area contributed by atoms with Crippen molar-refractivity contribution in [1.82, 2.24) is 49.5 Å². The third kappa shape index (κ3) is 10.3. The second-order valence-corrected chi connectivity index (χ2v) is 23.2. The van der Waals surface area contributed by atoms with Crippen molar-refractivity contribution < 1.29 is 0 Å². The number of rotatable bonds is 11. The van der Waals surface area contributed by atoms with E-state index < -0.39 is 16.2 Å². The molecular formula is C56H64N18S. The second-order valence-electron chi connectivity index (χ2n) is 22.2. The minimum absolute atomic E-state index is 0.147. The lowest BCUT2D eigenvalue weighted by atomic mass is 9.89. The number of aryl methyl sites for hydroxylation is 7. The molecular weight excluding hydrogens is 957 g/mol. The Morgan fingerprint density at radius 3 is 1.53 bits per heavy atom. The van der Waals surface area contributed by atoms with Gasteiger partial charge in [-0.1, -0.05) is 115 Å². The van der Waals surface area contributed by atoms with Crippen molar-refractivity contribution in [3.8, 4) is 28.2 Å². The smallest absolute Gasteiger partial charge is 0.236 e. The minimum Gasteiger partial charge on any atom is -0.338 e. The van der Waals surface area contributed by atoms with Gasteiger partial charge in [-0.2, -0.15) is 35.2 Å². The van der Waals surface area contributed by atoms with Crippen LogP contribution in [0.15, 0.2) is 75.2 Å². The summed E-state index contributed by atoms with van der Waals surface area (Å²) in [5.74, 6) is 2.13. The van der Waals surface area contributed by atoms with E-state index in [9.17, 15) is 10.5 Å². The number of pyridine rings is 2. The summed E-state index contributed by atoms with van der Waals surface area (Å²) in [7, 11) is 2.02. The zero-order valence-electron chi connectivity index (χ0n) is 46.2. The van der Waals surface area contributed by atoms with Crippen molar-refractivity contribution in [3.63, 3.8) is 0 Å². The van der Waals surface area contributed by atoms with Crippen LogP contribution >= 0.6 is 11.3 Å². The van der Waals surface area contributed by atoms with Gasteiger partial charge in [-0.3, -0.25) is 0 Å². The van der Waals surface area contributed by atoms with Crippen molar-refractivity contribution in [2.45, 2.75) is 134 Å². The zero-order valence-corrected chi connectivity index (χ0v) is 47.0. The Morgan fingerprint density at radius 1 is 0.587 bits per heavy atom. The number of nitrogens with zero attached hydrogens (tertiary/aromatic N) is 17. The van der Waals surface area contributed by atoms with E-state index in [2.05, 4.69) is 124 Å². The molecule has 19 heteroatoms. The highest BCUT2D eigenvalue weighted by Crippen LogP contribution is 2.43. The number of nitrogens with one attached hydrogen (secondary N) is 1. The summed E-state index contributed by atoms with van der Waals surface area (Å²) in [6, 6.07) is 21.0. The van der Waals surface area contributed by atoms with Crippen molar-refractivity contribution in [3.05, 3.63) is 128 Å². The van der Waals surface area contributed by atoms with Crippen LogP contribution in [0, 0.1) is 78.1 Å². The Kier molecular flexibility index (Phi) is 14.0. The average molecular weight is 1020 g/mol. The van der Waals surface area contributed by atoms with Crippen LogP contribution in [0.2, 0.25) is 0 Å². The number of azo groups is 2. The maximum Gasteiger partial charge on any atom is 0.236 e. The molecule has 8 aromatic rings. The van der Waals surface area contributed by atoms with Gasteiger partial charge in [0.25, 0.3) is 0 Å². The predicted octanol–water partition coefficient (Wildman–Crippen LogP) is 14.3. The minimum atomic E-state index is -0.593. The van der Waals surface area contributed by atoms with E-state index in [-0.39, 0.29) is 33.0 Å². The summed E-state index contributed by atoms with van der Waals surface area (Å²) in [4.78, 5) is 11.9. The molecule has 0 radical (unpaired) electrons. The Labute approximate surface area is 443 Å². The number of hydrogen-bond acceptors (Lipinski definition) is 16. The van der Waals surface area contributed by atoms with Crippen LogP contribution in [0.3, 0.4) is 0 Å². The van der Waals surface area contributed by atoms with Crippen LogP contribution in [-0.4, -0.2) is 56.6 Å². The van der Waals surface area contributed by atoms with E-state index in [1.165, 1.54) is 14.9 Å². The topological polar surface area (TPSA) is 217 Å². The normalized spacial score (nSPS) is 12.3. The molecule has 18 nitrogen and oxygen atoms in total. The molecule has 0 atom stereocenters. The Morgan fingerprint density at radius 2 is 1.07 bits per heavy atom. The van der Waals surface area contributed by atoms with Crippen molar-refractivity contribution in [2.75, 3.05) is 17.3 Å². The first kappa shape index (κ1) is 53.0. The first-order valence-corrected chi connectivity index (χ1v) is 25.5. The van der Waals surface area contributed by atoms with E-state index in [0.29, 0.717) is 45.9 Å². The molecule has 0 aliphatic heterocycles. The Balaban J connectivity index is 1.28. The summed E-state index contributed by atoms with van der Waals surface area (Å²) in [6.45, 7) is 34.4. The van der Waals surface area contributed by atoms with Crippen LogP contribution < -0.4 is 10.2 Å². The number of anilines is 4. The summed E-state index contributed by atoms with van der Waals surface area (Å²) in [5, 5.41) is 69.4. The van der Waals surface area contributed by atoms with E-state index in [0.717, 1.165) is 61.8 Å². The van der Waals surface area contributed by atoms with Gasteiger partial charge in [-0.25, -0.2) is 14.6 Å². The molecule has 1 N–H and O–H groups in total. The molecule has 0 amide bonds. The van der Waals surface area contributed by atoms with Gasteiger partial charge in [-0.05, 0) is 101 Å². The van der Waals surface area contributed by atoms with Crippen LogP contribution in [0.1, 0.15) is 135 Å². The highest BCUT2D eigenvalue weighted by atomic mass is 32.1. The third-order valence-corrected chi connectivity index (χ3v) is 13.6. The molecule has 2 aromatic carbocycles. The van der Waals surface area contributed by atoms with E-state index in [1.807, 2.05) is 86.7 Å². The SMILES string of the molecule is Cc1cc(C)c(Nc2nc(N(C)c3c(C)cc(C)cc3C)cc(C)c2N=Nc2c(C#N)c(C(C)(C)C)nn2-c2nnc(-n3nc(C(C)(C)C)c(C#N)c3N=Nc3c(C(C)(C)C)nn(-c4ccccn4)c3C)s2)c(C)c1. The van der Waals surface area contributed by atoms with Crippen molar-refractivity contribution in [2.24, 2.45) is 20.5 Å². The Bertz CT molecular complexity index is 3620. The molecule has 0 saturated heterocycles. The maximum atomic E-state index is 10.9. The van der Waals surface area contributed by atoms with Gasteiger partial charge in [0.15, 0.2) is 23.3 Å². The van der Waals surface area contributed by atoms with Crippen LogP contribution in [0.5, 0.6) is 0 Å². The van der Waals surface area contributed by atoms with Gasteiger partial charge in [0.2, 0.25) is 10.3 Å². The van der Waals surface area contributed by atoms with Crippen molar-refractivity contribution in [1.29, 1.82) is 10.5 Å². The van der Waals surface area contributed by atoms with Crippen LogP contribution in [-0.2, 0) is 16.2 Å². The maximum absolute atomic E-state index is 10.9.